The number of halogens is 1. The van der Waals surface area contributed by atoms with E-state index in [1.807, 2.05) is 0 Å². The van der Waals surface area contributed by atoms with Crippen LogP contribution in [0.1, 0.15) is 18.4 Å². The van der Waals surface area contributed by atoms with E-state index < -0.39 is 11.8 Å². The van der Waals surface area contributed by atoms with Crippen LogP contribution in [0, 0.1) is 5.82 Å². The van der Waals surface area contributed by atoms with Crippen LogP contribution in [0.15, 0.2) is 47.6 Å². The van der Waals surface area contributed by atoms with Crippen molar-refractivity contribution in [1.29, 1.82) is 0 Å². The highest BCUT2D eigenvalue weighted by atomic mass is 19.1. The molecule has 0 amide bonds. The number of rotatable bonds is 5. The lowest BCUT2D eigenvalue weighted by Gasteiger charge is -2.08. The van der Waals surface area contributed by atoms with Crippen LogP contribution in [-0.4, -0.2) is 27.1 Å². The number of hydrogen-bond donors (Lipinski definition) is 3. The second-order valence-corrected chi connectivity index (χ2v) is 4.68. The van der Waals surface area contributed by atoms with Crippen molar-refractivity contribution in [3.8, 4) is 16.9 Å². The van der Waals surface area contributed by atoms with Gasteiger partial charge in [-0.05, 0) is 35.4 Å². The van der Waals surface area contributed by atoms with E-state index in [1.165, 1.54) is 24.3 Å². The lowest BCUT2D eigenvalue weighted by molar-refractivity contribution is -0.136. The number of benzene rings is 2. The van der Waals surface area contributed by atoms with Gasteiger partial charge in [-0.15, -0.1) is 0 Å². The number of nitrogens with zero attached hydrogens (tertiary/aromatic N) is 1. The number of oxime groups is 1. The predicted molar refractivity (Wildman–Crippen MR) is 78.7 cm³/mol. The first-order chi connectivity index (χ1) is 10.5. The Morgan fingerprint density at radius 2 is 1.68 bits per heavy atom. The molecule has 0 spiro atoms. The van der Waals surface area contributed by atoms with Crippen LogP contribution in [-0.2, 0) is 4.79 Å². The van der Waals surface area contributed by atoms with E-state index in [2.05, 4.69) is 5.16 Å². The molecule has 0 bridgehead atoms. The van der Waals surface area contributed by atoms with Gasteiger partial charge >= 0.3 is 5.97 Å². The maximum absolute atomic E-state index is 14.2. The van der Waals surface area contributed by atoms with Gasteiger partial charge in [-0.1, -0.05) is 23.4 Å². The van der Waals surface area contributed by atoms with Crippen LogP contribution in [0.2, 0.25) is 0 Å². The Balaban J connectivity index is 2.29. The van der Waals surface area contributed by atoms with Gasteiger partial charge in [-0.25, -0.2) is 4.39 Å². The second kappa shape index (κ2) is 6.71. The molecular weight excluding hydrogens is 289 g/mol. The van der Waals surface area contributed by atoms with Crippen molar-refractivity contribution in [1.82, 2.24) is 0 Å². The van der Waals surface area contributed by atoms with Gasteiger partial charge in [0.1, 0.15) is 11.6 Å². The van der Waals surface area contributed by atoms with Crippen LogP contribution in [0.25, 0.3) is 11.1 Å². The molecule has 0 saturated carbocycles. The first kappa shape index (κ1) is 15.5. The first-order valence-electron chi connectivity index (χ1n) is 6.53. The number of phenols is 1. The van der Waals surface area contributed by atoms with E-state index in [-0.39, 0.29) is 29.9 Å². The summed E-state index contributed by atoms with van der Waals surface area (Å²) in [6.07, 6.45) is -0.320. The van der Waals surface area contributed by atoms with E-state index in [4.69, 9.17) is 10.3 Å². The lowest BCUT2D eigenvalue weighted by Crippen LogP contribution is -2.07. The molecule has 6 heteroatoms. The quantitative estimate of drug-likeness (QED) is 0.449. The molecule has 0 fully saturated rings. The van der Waals surface area contributed by atoms with Gasteiger partial charge in [0, 0.05) is 12.0 Å². The molecule has 2 rings (SSSR count). The summed E-state index contributed by atoms with van der Waals surface area (Å²) in [4.78, 5) is 10.6. The summed E-state index contributed by atoms with van der Waals surface area (Å²) in [6, 6.07) is 10.6. The summed E-state index contributed by atoms with van der Waals surface area (Å²) in [5.41, 5.74) is 1.36. The van der Waals surface area contributed by atoms with Crippen molar-refractivity contribution in [2.24, 2.45) is 5.16 Å². The van der Waals surface area contributed by atoms with Crippen LogP contribution >= 0.6 is 0 Å². The Hall–Kier alpha value is -2.89. The molecule has 0 saturated heterocycles. The van der Waals surface area contributed by atoms with E-state index in [9.17, 15) is 14.3 Å². The van der Waals surface area contributed by atoms with E-state index in [0.717, 1.165) is 5.56 Å². The summed E-state index contributed by atoms with van der Waals surface area (Å²) in [7, 11) is 0. The number of carbonyl (C=O) groups is 1. The minimum Gasteiger partial charge on any atom is -0.508 e. The average molecular weight is 303 g/mol. The monoisotopic (exact) mass is 303 g/mol. The Labute approximate surface area is 126 Å². The molecule has 2 aromatic rings. The van der Waals surface area contributed by atoms with Crippen LogP contribution < -0.4 is 0 Å². The number of carboxylic acid groups (broad SMARTS) is 1. The van der Waals surface area contributed by atoms with Gasteiger partial charge in [-0.2, -0.15) is 0 Å². The molecular formula is C16H14FNO4. The first-order valence-corrected chi connectivity index (χ1v) is 6.53. The van der Waals surface area contributed by atoms with Gasteiger partial charge in [0.2, 0.25) is 0 Å². The number of carboxylic acids is 1. The molecule has 0 aliphatic carbocycles. The third-order valence-corrected chi connectivity index (χ3v) is 3.18. The summed E-state index contributed by atoms with van der Waals surface area (Å²) >= 11 is 0. The molecule has 114 valence electrons. The van der Waals surface area contributed by atoms with Crippen molar-refractivity contribution >= 4 is 11.7 Å². The molecule has 0 aromatic heterocycles. The summed E-state index contributed by atoms with van der Waals surface area (Å²) < 4.78 is 14.2. The highest BCUT2D eigenvalue weighted by Gasteiger charge is 2.13. The zero-order valence-electron chi connectivity index (χ0n) is 11.5. The molecule has 0 unspecified atom stereocenters. The Kier molecular flexibility index (Phi) is 4.73. The van der Waals surface area contributed by atoms with E-state index >= 15 is 0 Å². The molecule has 0 aliphatic rings. The molecule has 0 radical (unpaired) electrons. The largest absolute Gasteiger partial charge is 0.508 e. The number of aliphatic carboxylic acids is 1. The highest BCUT2D eigenvalue weighted by Crippen LogP contribution is 2.24. The van der Waals surface area contributed by atoms with Crippen LogP contribution in [0.5, 0.6) is 5.75 Å². The maximum atomic E-state index is 14.2. The fourth-order valence-corrected chi connectivity index (χ4v) is 2.05. The van der Waals surface area contributed by atoms with Crippen molar-refractivity contribution in [3.05, 3.63) is 53.8 Å². The number of phenolic OH excluding ortho intramolecular Hbond substituents is 1. The van der Waals surface area contributed by atoms with Crippen molar-refractivity contribution in [3.63, 3.8) is 0 Å². The van der Waals surface area contributed by atoms with Gasteiger partial charge in [0.05, 0.1) is 12.1 Å². The third-order valence-electron chi connectivity index (χ3n) is 3.18. The van der Waals surface area contributed by atoms with Crippen molar-refractivity contribution in [2.45, 2.75) is 12.8 Å². The molecule has 0 aliphatic heterocycles. The molecule has 0 heterocycles. The van der Waals surface area contributed by atoms with Gasteiger partial charge < -0.3 is 15.4 Å². The lowest BCUT2D eigenvalue weighted by atomic mass is 9.99. The number of aromatic hydroxyl groups is 1. The fraction of sp³-hybridized carbons (Fsp3) is 0.125. The Morgan fingerprint density at radius 3 is 2.23 bits per heavy atom. The molecule has 0 atom stereocenters. The normalized spacial score (nSPS) is 11.4. The smallest absolute Gasteiger partial charge is 0.303 e. The molecule has 5 nitrogen and oxygen atoms in total. The Morgan fingerprint density at radius 1 is 1.05 bits per heavy atom. The standard InChI is InChI=1S/C16H14FNO4/c17-14-9-11(10-1-4-12(19)5-2-10)3-6-13(14)15(18-22)7-8-16(20)21/h1-6,9,19,22H,7-8H2,(H,20,21)/b18-15+. The van der Waals surface area contributed by atoms with E-state index in [1.54, 1.807) is 18.2 Å². The second-order valence-electron chi connectivity index (χ2n) is 4.68. The van der Waals surface area contributed by atoms with Gasteiger partial charge in [-0.3, -0.25) is 4.79 Å². The zero-order chi connectivity index (χ0) is 16.1. The van der Waals surface area contributed by atoms with Gasteiger partial charge in [0.15, 0.2) is 0 Å². The topological polar surface area (TPSA) is 90.1 Å². The van der Waals surface area contributed by atoms with Crippen molar-refractivity contribution < 1.29 is 24.6 Å². The van der Waals surface area contributed by atoms with Gasteiger partial charge in [0.25, 0.3) is 0 Å². The molecule has 22 heavy (non-hydrogen) atoms. The molecule has 3 N–H and O–H groups in total. The minimum atomic E-state index is -1.05. The maximum Gasteiger partial charge on any atom is 0.303 e. The zero-order valence-corrected chi connectivity index (χ0v) is 11.5. The Bertz CT molecular complexity index is 711. The highest BCUT2D eigenvalue weighted by molar-refractivity contribution is 6.01. The predicted octanol–water partition coefficient (Wildman–Crippen LogP) is 3.24. The summed E-state index contributed by atoms with van der Waals surface area (Å²) in [5.74, 6) is -1.55. The summed E-state index contributed by atoms with van der Waals surface area (Å²) in [6.45, 7) is 0. The fourth-order valence-electron chi connectivity index (χ4n) is 2.05. The third kappa shape index (κ3) is 3.60. The van der Waals surface area contributed by atoms with Crippen LogP contribution in [0.3, 0.4) is 0 Å². The SMILES string of the molecule is O=C(O)CC/C(=N\O)c1ccc(-c2ccc(O)cc2)cc1F. The van der Waals surface area contributed by atoms with Crippen LogP contribution in [0.4, 0.5) is 4.39 Å². The van der Waals surface area contributed by atoms with Crippen molar-refractivity contribution in [2.75, 3.05) is 0 Å². The summed E-state index contributed by atoms with van der Waals surface area (Å²) in [5, 5.41) is 29.8. The van der Waals surface area contributed by atoms with E-state index in [0.29, 0.717) is 5.56 Å². The minimum absolute atomic E-state index is 0.0165. The average Bonchev–Trinajstić information content (AvgIpc) is 2.49. The molecule has 2 aromatic carbocycles. The number of hydrogen-bond acceptors (Lipinski definition) is 4.